The van der Waals surface area contributed by atoms with Crippen molar-refractivity contribution >= 4 is 23.5 Å². The van der Waals surface area contributed by atoms with Gasteiger partial charge in [-0.2, -0.15) is 0 Å². The molecule has 0 aromatic rings. The van der Waals surface area contributed by atoms with Gasteiger partial charge in [0.15, 0.2) is 0 Å². The minimum absolute atomic E-state index is 0.801. The summed E-state index contributed by atoms with van der Waals surface area (Å²) >= 11 is 3.97. The maximum Gasteiger partial charge on any atom is 0.0360 e. The lowest BCUT2D eigenvalue weighted by Gasteiger charge is -2.09. The standard InChI is InChI=1S/C15H28S2/c1-6-16-15(17-7-2)12-11-14(5)10-8-9-13(3)4/h9,12,14H,6-8,10-11H2,1-5H3. The van der Waals surface area contributed by atoms with Gasteiger partial charge >= 0.3 is 0 Å². The Morgan fingerprint density at radius 1 is 1.06 bits per heavy atom. The van der Waals surface area contributed by atoms with Crippen LogP contribution >= 0.6 is 23.5 Å². The zero-order valence-electron chi connectivity index (χ0n) is 12.1. The molecule has 0 fully saturated rings. The highest BCUT2D eigenvalue weighted by molar-refractivity contribution is 8.22. The Kier molecular flexibility index (Phi) is 11.4. The summed E-state index contributed by atoms with van der Waals surface area (Å²) < 4.78 is 1.52. The van der Waals surface area contributed by atoms with E-state index in [-0.39, 0.29) is 0 Å². The van der Waals surface area contributed by atoms with Crippen LogP contribution in [0.25, 0.3) is 0 Å². The molecular weight excluding hydrogens is 244 g/mol. The van der Waals surface area contributed by atoms with Crippen LogP contribution in [0.4, 0.5) is 0 Å². The minimum atomic E-state index is 0.801. The summed E-state index contributed by atoms with van der Waals surface area (Å²) in [5.74, 6) is 3.17. The molecule has 0 aliphatic heterocycles. The second-order valence-electron chi connectivity index (χ2n) is 4.59. The van der Waals surface area contributed by atoms with Gasteiger partial charge in [-0.15, -0.1) is 23.5 Å². The fraction of sp³-hybridized carbons (Fsp3) is 0.733. The van der Waals surface area contributed by atoms with Crippen LogP contribution in [0.15, 0.2) is 22.0 Å². The zero-order chi connectivity index (χ0) is 13.1. The molecule has 0 aliphatic rings. The summed E-state index contributed by atoms with van der Waals surface area (Å²) in [6.45, 7) is 11.2. The van der Waals surface area contributed by atoms with Crippen molar-refractivity contribution in [2.45, 2.75) is 53.9 Å². The van der Waals surface area contributed by atoms with Gasteiger partial charge < -0.3 is 0 Å². The topological polar surface area (TPSA) is 0 Å². The summed E-state index contributed by atoms with van der Waals surface area (Å²) in [5.41, 5.74) is 1.44. The van der Waals surface area contributed by atoms with E-state index in [9.17, 15) is 0 Å². The Balaban J connectivity index is 3.95. The van der Waals surface area contributed by atoms with E-state index in [1.165, 1.54) is 40.6 Å². The molecule has 17 heavy (non-hydrogen) atoms. The lowest BCUT2D eigenvalue weighted by atomic mass is 10.0. The Morgan fingerprint density at radius 2 is 1.65 bits per heavy atom. The maximum atomic E-state index is 2.44. The second-order valence-corrected chi connectivity index (χ2v) is 7.46. The highest BCUT2D eigenvalue weighted by atomic mass is 32.2. The molecule has 0 spiro atoms. The molecule has 0 nitrogen and oxygen atoms in total. The molecule has 2 heteroatoms. The number of hydrogen-bond acceptors (Lipinski definition) is 2. The van der Waals surface area contributed by atoms with Gasteiger partial charge in [0.25, 0.3) is 0 Å². The van der Waals surface area contributed by atoms with Crippen molar-refractivity contribution in [3.8, 4) is 0 Å². The van der Waals surface area contributed by atoms with Crippen LogP contribution in [0.2, 0.25) is 0 Å². The van der Waals surface area contributed by atoms with E-state index in [1.54, 1.807) is 0 Å². The van der Waals surface area contributed by atoms with Crippen LogP contribution in [0.1, 0.15) is 53.9 Å². The molecule has 0 bridgehead atoms. The number of rotatable bonds is 9. The molecule has 0 radical (unpaired) electrons. The van der Waals surface area contributed by atoms with Crippen LogP contribution < -0.4 is 0 Å². The first kappa shape index (κ1) is 17.2. The number of allylic oxidation sites excluding steroid dienone is 3. The van der Waals surface area contributed by atoms with Crippen molar-refractivity contribution in [1.29, 1.82) is 0 Å². The van der Waals surface area contributed by atoms with E-state index in [1.807, 2.05) is 23.5 Å². The van der Waals surface area contributed by atoms with Gasteiger partial charge in [0.2, 0.25) is 0 Å². The fourth-order valence-corrected chi connectivity index (χ4v) is 3.55. The SMILES string of the molecule is CCSC(=CCC(C)CCC=C(C)C)SCC. The molecule has 1 unspecified atom stereocenters. The predicted octanol–water partition coefficient (Wildman–Crippen LogP) is 6.11. The van der Waals surface area contributed by atoms with Gasteiger partial charge in [0, 0.05) is 4.24 Å². The highest BCUT2D eigenvalue weighted by Crippen LogP contribution is 2.29. The van der Waals surface area contributed by atoms with Gasteiger partial charge in [-0.1, -0.05) is 38.5 Å². The van der Waals surface area contributed by atoms with Gasteiger partial charge in [-0.25, -0.2) is 0 Å². The monoisotopic (exact) mass is 272 g/mol. The molecule has 100 valence electrons. The van der Waals surface area contributed by atoms with Crippen LogP contribution in [-0.2, 0) is 0 Å². The molecule has 1 atom stereocenters. The normalized spacial score (nSPS) is 12.1. The third-order valence-electron chi connectivity index (χ3n) is 2.47. The van der Waals surface area contributed by atoms with E-state index >= 15 is 0 Å². The van der Waals surface area contributed by atoms with E-state index in [0.29, 0.717) is 0 Å². The summed E-state index contributed by atoms with van der Waals surface area (Å²) in [6.07, 6.45) is 8.56. The molecule has 0 rings (SSSR count). The molecule has 0 aromatic heterocycles. The van der Waals surface area contributed by atoms with E-state index in [2.05, 4.69) is 46.8 Å². The average Bonchev–Trinajstić information content (AvgIpc) is 2.26. The van der Waals surface area contributed by atoms with E-state index < -0.39 is 0 Å². The van der Waals surface area contributed by atoms with Gasteiger partial charge in [0.1, 0.15) is 0 Å². The Labute approximate surface area is 117 Å². The molecule has 0 saturated heterocycles. The van der Waals surface area contributed by atoms with Crippen molar-refractivity contribution in [3.05, 3.63) is 22.0 Å². The van der Waals surface area contributed by atoms with Crippen LogP contribution in [0.3, 0.4) is 0 Å². The van der Waals surface area contributed by atoms with Crippen molar-refractivity contribution < 1.29 is 0 Å². The number of thioether (sulfide) groups is 2. The number of hydrogen-bond donors (Lipinski definition) is 0. The van der Waals surface area contributed by atoms with Crippen molar-refractivity contribution in [1.82, 2.24) is 0 Å². The van der Waals surface area contributed by atoms with Crippen molar-refractivity contribution in [2.75, 3.05) is 11.5 Å². The first-order valence-corrected chi connectivity index (χ1v) is 8.66. The smallest absolute Gasteiger partial charge is 0.0360 e. The van der Waals surface area contributed by atoms with Gasteiger partial charge in [-0.05, 0) is 50.5 Å². The lowest BCUT2D eigenvalue weighted by Crippen LogP contribution is -1.92. The molecule has 0 N–H and O–H groups in total. The Hall–Kier alpha value is 0.180. The van der Waals surface area contributed by atoms with Gasteiger partial charge in [-0.3, -0.25) is 0 Å². The minimum Gasteiger partial charge on any atom is -0.120 e. The Bertz CT molecular complexity index is 229. The predicted molar refractivity (Wildman–Crippen MR) is 86.8 cm³/mol. The first-order valence-electron chi connectivity index (χ1n) is 6.69. The highest BCUT2D eigenvalue weighted by Gasteiger charge is 2.01. The summed E-state index contributed by atoms with van der Waals surface area (Å²) in [5, 5.41) is 0. The summed E-state index contributed by atoms with van der Waals surface area (Å²) in [7, 11) is 0. The van der Waals surface area contributed by atoms with Crippen LogP contribution in [0, 0.1) is 5.92 Å². The van der Waals surface area contributed by atoms with Crippen LogP contribution in [-0.4, -0.2) is 11.5 Å². The third-order valence-corrected chi connectivity index (χ3v) is 4.66. The molecule has 0 aromatic carbocycles. The molecule has 0 heterocycles. The Morgan fingerprint density at radius 3 is 2.12 bits per heavy atom. The van der Waals surface area contributed by atoms with Crippen LogP contribution in [0.5, 0.6) is 0 Å². The average molecular weight is 273 g/mol. The molecule has 0 aliphatic carbocycles. The second kappa shape index (κ2) is 11.3. The van der Waals surface area contributed by atoms with Gasteiger partial charge in [0.05, 0.1) is 0 Å². The summed E-state index contributed by atoms with van der Waals surface area (Å²) in [6, 6.07) is 0. The van der Waals surface area contributed by atoms with Crippen molar-refractivity contribution in [3.63, 3.8) is 0 Å². The first-order chi connectivity index (χ1) is 8.10. The zero-order valence-corrected chi connectivity index (χ0v) is 13.7. The molecule has 0 amide bonds. The maximum absolute atomic E-state index is 2.44. The molecule has 0 saturated carbocycles. The van der Waals surface area contributed by atoms with E-state index in [4.69, 9.17) is 0 Å². The molecular formula is C15H28S2. The largest absolute Gasteiger partial charge is 0.120 e. The lowest BCUT2D eigenvalue weighted by molar-refractivity contribution is 0.546. The van der Waals surface area contributed by atoms with E-state index in [0.717, 1.165) is 5.92 Å². The third kappa shape index (κ3) is 11.0. The summed E-state index contributed by atoms with van der Waals surface area (Å²) in [4.78, 5) is 0. The van der Waals surface area contributed by atoms with Crippen molar-refractivity contribution in [2.24, 2.45) is 5.92 Å². The quantitative estimate of drug-likeness (QED) is 0.465. The fourth-order valence-electron chi connectivity index (χ4n) is 1.52.